The third kappa shape index (κ3) is 6.03. The van der Waals surface area contributed by atoms with Gasteiger partial charge in [-0.25, -0.2) is 4.57 Å². The summed E-state index contributed by atoms with van der Waals surface area (Å²) in [5.74, 6) is 0.747. The third-order valence-electron chi connectivity index (χ3n) is 0.862. The lowest BCUT2D eigenvalue weighted by molar-refractivity contribution is 0.237. The summed E-state index contributed by atoms with van der Waals surface area (Å²) in [6.07, 6.45) is 0. The van der Waals surface area contributed by atoms with Gasteiger partial charge in [0.25, 0.3) is 0 Å². The highest BCUT2D eigenvalue weighted by atomic mass is 32.7. The summed E-state index contributed by atoms with van der Waals surface area (Å²) in [7, 11) is 0. The first-order chi connectivity index (χ1) is 5.18. The van der Waals surface area contributed by atoms with Crippen LogP contribution in [0.3, 0.4) is 0 Å². The van der Waals surface area contributed by atoms with Gasteiger partial charge < -0.3 is 15.2 Å². The SMILES string of the molecule is CCOP(=O)(OCC)SCC.N. The molecule has 12 heavy (non-hydrogen) atoms. The van der Waals surface area contributed by atoms with Gasteiger partial charge in [-0.15, -0.1) is 0 Å². The summed E-state index contributed by atoms with van der Waals surface area (Å²) in [4.78, 5) is 0. The molecule has 0 amide bonds. The molecule has 0 aromatic carbocycles. The Hall–Kier alpha value is 0.460. The second kappa shape index (κ2) is 8.08. The average Bonchev–Trinajstić information content (AvgIpc) is 1.88. The second-order valence-electron chi connectivity index (χ2n) is 1.70. The molecule has 0 heterocycles. The molecule has 0 unspecified atom stereocenters. The zero-order chi connectivity index (χ0) is 8.74. The van der Waals surface area contributed by atoms with E-state index in [0.717, 1.165) is 5.75 Å². The fourth-order valence-electron chi connectivity index (χ4n) is 0.586. The molecule has 0 aromatic rings. The quantitative estimate of drug-likeness (QED) is 0.689. The maximum atomic E-state index is 11.5. The van der Waals surface area contributed by atoms with Gasteiger partial charge in [0.15, 0.2) is 0 Å². The van der Waals surface area contributed by atoms with E-state index in [4.69, 9.17) is 9.05 Å². The Morgan fingerprint density at radius 3 is 1.83 bits per heavy atom. The van der Waals surface area contributed by atoms with Crippen LogP contribution in [-0.2, 0) is 13.6 Å². The zero-order valence-corrected chi connectivity index (χ0v) is 9.62. The molecule has 6 heteroatoms. The van der Waals surface area contributed by atoms with Crippen molar-refractivity contribution in [3.05, 3.63) is 0 Å². The molecule has 0 aliphatic heterocycles. The Morgan fingerprint density at radius 2 is 1.58 bits per heavy atom. The fraction of sp³-hybridized carbons (Fsp3) is 1.00. The van der Waals surface area contributed by atoms with Crippen molar-refractivity contribution in [1.82, 2.24) is 6.15 Å². The van der Waals surface area contributed by atoms with E-state index in [-0.39, 0.29) is 6.15 Å². The van der Waals surface area contributed by atoms with E-state index in [2.05, 4.69) is 0 Å². The monoisotopic (exact) mass is 215 g/mol. The summed E-state index contributed by atoms with van der Waals surface area (Å²) in [6.45, 7) is 3.61. The van der Waals surface area contributed by atoms with Crippen molar-refractivity contribution in [1.29, 1.82) is 0 Å². The van der Waals surface area contributed by atoms with Gasteiger partial charge in [-0.3, -0.25) is 0 Å². The van der Waals surface area contributed by atoms with Crippen LogP contribution in [0.2, 0.25) is 0 Å². The van der Waals surface area contributed by atoms with Gasteiger partial charge in [0.1, 0.15) is 0 Å². The molecule has 0 rings (SSSR count). The molecule has 3 N–H and O–H groups in total. The maximum absolute atomic E-state index is 11.5. The van der Waals surface area contributed by atoms with Gasteiger partial charge in [0.05, 0.1) is 13.2 Å². The predicted molar refractivity (Wildman–Crippen MR) is 54.0 cm³/mol. The van der Waals surface area contributed by atoms with Crippen molar-refractivity contribution in [3.8, 4) is 0 Å². The van der Waals surface area contributed by atoms with Crippen LogP contribution in [0.4, 0.5) is 0 Å². The molecule has 0 spiro atoms. The number of hydrogen-bond donors (Lipinski definition) is 1. The van der Waals surface area contributed by atoms with Crippen LogP contribution in [0.15, 0.2) is 0 Å². The molecule has 0 atom stereocenters. The molecule has 0 saturated carbocycles. The van der Waals surface area contributed by atoms with Crippen LogP contribution in [0.25, 0.3) is 0 Å². The molecule has 0 fully saturated rings. The van der Waals surface area contributed by atoms with E-state index in [9.17, 15) is 4.57 Å². The molecule has 0 aliphatic carbocycles. The van der Waals surface area contributed by atoms with E-state index in [1.807, 2.05) is 20.8 Å². The highest BCUT2D eigenvalue weighted by molar-refractivity contribution is 8.55. The lowest BCUT2D eigenvalue weighted by atomic mass is 10.9. The Morgan fingerprint density at radius 1 is 1.17 bits per heavy atom. The summed E-state index contributed by atoms with van der Waals surface area (Å²) in [5.41, 5.74) is 0. The van der Waals surface area contributed by atoms with Crippen LogP contribution >= 0.6 is 18.2 Å². The summed E-state index contributed by atoms with van der Waals surface area (Å²) >= 11 is 1.24. The molecule has 0 saturated heterocycles. The molecule has 0 radical (unpaired) electrons. The van der Waals surface area contributed by atoms with Crippen molar-refractivity contribution in [3.63, 3.8) is 0 Å². The molecule has 0 aliphatic rings. The topological polar surface area (TPSA) is 70.5 Å². The first kappa shape index (κ1) is 15.0. The summed E-state index contributed by atoms with van der Waals surface area (Å²) in [6, 6.07) is 0. The standard InChI is InChI=1S/C6H15O3PS.H3N/c1-4-8-10(7,9-5-2)11-6-3;/h4-6H2,1-3H3;1H3. The molecule has 0 bridgehead atoms. The number of hydrogen-bond acceptors (Lipinski definition) is 5. The zero-order valence-electron chi connectivity index (χ0n) is 7.91. The van der Waals surface area contributed by atoms with E-state index < -0.39 is 6.80 Å². The van der Waals surface area contributed by atoms with E-state index in [0.29, 0.717) is 13.2 Å². The normalized spacial score (nSPS) is 10.9. The minimum atomic E-state index is -2.80. The highest BCUT2D eigenvalue weighted by Gasteiger charge is 2.22. The molecule has 76 valence electrons. The van der Waals surface area contributed by atoms with Crippen molar-refractivity contribution >= 4 is 18.2 Å². The molecule has 0 aromatic heterocycles. The van der Waals surface area contributed by atoms with Gasteiger partial charge in [-0.2, -0.15) is 0 Å². The largest absolute Gasteiger partial charge is 0.389 e. The predicted octanol–water partition coefficient (Wildman–Crippen LogP) is 3.08. The van der Waals surface area contributed by atoms with Crippen molar-refractivity contribution in [2.24, 2.45) is 0 Å². The van der Waals surface area contributed by atoms with Crippen LogP contribution in [0, 0.1) is 0 Å². The van der Waals surface area contributed by atoms with Gasteiger partial charge in [-0.05, 0) is 25.2 Å². The van der Waals surface area contributed by atoms with Crippen molar-refractivity contribution < 1.29 is 13.6 Å². The third-order valence-corrected chi connectivity index (χ3v) is 4.94. The van der Waals surface area contributed by atoms with Gasteiger partial charge in [0, 0.05) is 5.75 Å². The van der Waals surface area contributed by atoms with E-state index in [1.54, 1.807) is 0 Å². The van der Waals surface area contributed by atoms with Gasteiger partial charge in [-0.1, -0.05) is 6.92 Å². The average molecular weight is 215 g/mol. The lowest BCUT2D eigenvalue weighted by Crippen LogP contribution is -1.92. The minimum absolute atomic E-state index is 0. The lowest BCUT2D eigenvalue weighted by Gasteiger charge is -2.14. The Kier molecular flexibility index (Phi) is 10.1. The van der Waals surface area contributed by atoms with Crippen molar-refractivity contribution in [2.75, 3.05) is 19.0 Å². The number of rotatable bonds is 6. The molecular formula is C6H18NO3PS. The maximum Gasteiger partial charge on any atom is 0.389 e. The Bertz CT molecular complexity index is 121. The van der Waals surface area contributed by atoms with E-state index >= 15 is 0 Å². The van der Waals surface area contributed by atoms with Crippen LogP contribution in [-0.4, -0.2) is 19.0 Å². The highest BCUT2D eigenvalue weighted by Crippen LogP contribution is 2.60. The fourth-order valence-corrected chi connectivity index (χ4v) is 3.79. The minimum Gasteiger partial charge on any atom is -0.344 e. The summed E-state index contributed by atoms with van der Waals surface area (Å²) < 4.78 is 21.5. The summed E-state index contributed by atoms with van der Waals surface area (Å²) in [5, 5.41) is 0. The van der Waals surface area contributed by atoms with Crippen LogP contribution in [0.1, 0.15) is 20.8 Å². The smallest absolute Gasteiger partial charge is 0.344 e. The Balaban J connectivity index is 0. The van der Waals surface area contributed by atoms with Gasteiger partial charge >= 0.3 is 6.80 Å². The van der Waals surface area contributed by atoms with Gasteiger partial charge in [0.2, 0.25) is 0 Å². The molecule has 4 nitrogen and oxygen atoms in total. The van der Waals surface area contributed by atoms with Crippen LogP contribution in [0.5, 0.6) is 0 Å². The first-order valence-electron chi connectivity index (χ1n) is 3.72. The second-order valence-corrected chi connectivity index (χ2v) is 6.06. The van der Waals surface area contributed by atoms with E-state index in [1.165, 1.54) is 11.4 Å². The molecular weight excluding hydrogens is 197 g/mol. The Labute approximate surface area is 78.3 Å². The first-order valence-corrected chi connectivity index (χ1v) is 6.85. The van der Waals surface area contributed by atoms with Crippen LogP contribution < -0.4 is 6.15 Å². The van der Waals surface area contributed by atoms with Crippen molar-refractivity contribution in [2.45, 2.75) is 20.8 Å².